The second-order valence-electron chi connectivity index (χ2n) is 3.33. The van der Waals surface area contributed by atoms with Crippen molar-refractivity contribution in [1.29, 1.82) is 0 Å². The average Bonchev–Trinajstić information content (AvgIpc) is 2.11. The van der Waals surface area contributed by atoms with Crippen LogP contribution in [0.1, 0.15) is 19.3 Å². The first-order chi connectivity index (χ1) is 4.34. The van der Waals surface area contributed by atoms with E-state index in [2.05, 4.69) is 5.32 Å². The smallest absolute Gasteiger partial charge is 0.0558 e. The van der Waals surface area contributed by atoms with Gasteiger partial charge in [0.05, 0.1) is 6.10 Å². The number of aliphatic hydroxyl groups is 1. The monoisotopic (exact) mass is 127 g/mol. The van der Waals surface area contributed by atoms with Gasteiger partial charge in [-0.15, -0.1) is 0 Å². The van der Waals surface area contributed by atoms with E-state index in [1.807, 2.05) is 0 Å². The molecule has 2 fully saturated rings. The minimum Gasteiger partial charge on any atom is -0.393 e. The van der Waals surface area contributed by atoms with Gasteiger partial charge in [-0.05, 0) is 31.7 Å². The van der Waals surface area contributed by atoms with E-state index in [0.717, 1.165) is 25.3 Å². The molecule has 2 N–H and O–H groups in total. The van der Waals surface area contributed by atoms with Crippen LogP contribution in [0.3, 0.4) is 0 Å². The number of hydrogen-bond donors (Lipinski definition) is 2. The summed E-state index contributed by atoms with van der Waals surface area (Å²) < 4.78 is 0. The van der Waals surface area contributed by atoms with Gasteiger partial charge in [-0.2, -0.15) is 0 Å². The summed E-state index contributed by atoms with van der Waals surface area (Å²) >= 11 is 0. The van der Waals surface area contributed by atoms with Crippen molar-refractivity contribution < 1.29 is 5.11 Å². The molecule has 0 aromatic carbocycles. The quantitative estimate of drug-likeness (QED) is 0.484. The van der Waals surface area contributed by atoms with Crippen molar-refractivity contribution in [3.8, 4) is 0 Å². The standard InChI is InChI=1S/C7H13NO/c9-7-2-5-1-6(3-7)8-4-5/h5-9H,1-4H2/t5-,6+,7-/m0/s1. The lowest BCUT2D eigenvalue weighted by molar-refractivity contribution is 0.111. The summed E-state index contributed by atoms with van der Waals surface area (Å²) in [7, 11) is 0. The van der Waals surface area contributed by atoms with E-state index in [0.29, 0.717) is 6.04 Å². The molecule has 9 heavy (non-hydrogen) atoms. The minimum atomic E-state index is -0.0104. The van der Waals surface area contributed by atoms with Crippen molar-refractivity contribution in [1.82, 2.24) is 5.32 Å². The Hall–Kier alpha value is -0.0800. The maximum atomic E-state index is 9.25. The number of aliphatic hydroxyl groups excluding tert-OH is 1. The van der Waals surface area contributed by atoms with Crippen LogP contribution >= 0.6 is 0 Å². The molecule has 52 valence electrons. The summed E-state index contributed by atoms with van der Waals surface area (Å²) in [6.07, 6.45) is 3.31. The molecule has 1 saturated carbocycles. The molecule has 1 heterocycles. The summed E-state index contributed by atoms with van der Waals surface area (Å²) in [5.74, 6) is 0.777. The van der Waals surface area contributed by atoms with Crippen molar-refractivity contribution in [2.75, 3.05) is 6.54 Å². The van der Waals surface area contributed by atoms with Gasteiger partial charge in [0, 0.05) is 6.04 Å². The lowest BCUT2D eigenvalue weighted by atomic mass is 9.88. The molecule has 3 atom stereocenters. The number of fused-ring (bicyclic) bond motifs is 2. The largest absolute Gasteiger partial charge is 0.393 e. The fraction of sp³-hybridized carbons (Fsp3) is 1.00. The highest BCUT2D eigenvalue weighted by molar-refractivity contribution is 4.89. The van der Waals surface area contributed by atoms with Crippen LogP contribution < -0.4 is 5.32 Å². The Morgan fingerprint density at radius 2 is 2.11 bits per heavy atom. The summed E-state index contributed by atoms with van der Waals surface area (Å²) in [4.78, 5) is 0. The topological polar surface area (TPSA) is 32.3 Å². The lowest BCUT2D eigenvalue weighted by Gasteiger charge is -2.22. The predicted molar refractivity (Wildman–Crippen MR) is 35.1 cm³/mol. The third kappa shape index (κ3) is 0.970. The maximum Gasteiger partial charge on any atom is 0.0558 e. The molecule has 0 unspecified atom stereocenters. The molecule has 0 amide bonds. The molecule has 2 heteroatoms. The van der Waals surface area contributed by atoms with E-state index >= 15 is 0 Å². The molecule has 0 aromatic heterocycles. The Morgan fingerprint density at radius 3 is 2.89 bits per heavy atom. The SMILES string of the molecule is O[C@H]1C[C@H]2CN[C@@H](C1)C2. The van der Waals surface area contributed by atoms with Gasteiger partial charge in [-0.25, -0.2) is 0 Å². The molecule has 2 nitrogen and oxygen atoms in total. The molecule has 2 aliphatic rings. The summed E-state index contributed by atoms with van der Waals surface area (Å²) in [5, 5.41) is 12.6. The maximum absolute atomic E-state index is 9.25. The molecule has 2 bridgehead atoms. The first-order valence-corrected chi connectivity index (χ1v) is 3.76. The normalized spacial score (nSPS) is 49.7. The van der Waals surface area contributed by atoms with Crippen molar-refractivity contribution >= 4 is 0 Å². The average molecular weight is 127 g/mol. The highest BCUT2D eigenvalue weighted by Crippen LogP contribution is 2.28. The summed E-state index contributed by atoms with van der Waals surface area (Å²) in [6, 6.07) is 0.638. The fourth-order valence-electron chi connectivity index (χ4n) is 2.07. The van der Waals surface area contributed by atoms with Gasteiger partial charge in [0.15, 0.2) is 0 Å². The van der Waals surface area contributed by atoms with Gasteiger partial charge < -0.3 is 10.4 Å². The highest BCUT2D eigenvalue weighted by atomic mass is 16.3. The molecule has 1 saturated heterocycles. The molecular formula is C7H13NO. The first-order valence-electron chi connectivity index (χ1n) is 3.76. The molecule has 0 aromatic rings. The van der Waals surface area contributed by atoms with Crippen molar-refractivity contribution in [3.63, 3.8) is 0 Å². The van der Waals surface area contributed by atoms with Gasteiger partial charge in [0.25, 0.3) is 0 Å². The van der Waals surface area contributed by atoms with E-state index in [1.54, 1.807) is 0 Å². The van der Waals surface area contributed by atoms with E-state index < -0.39 is 0 Å². The summed E-state index contributed by atoms with van der Waals surface area (Å²) in [6.45, 7) is 1.14. The second kappa shape index (κ2) is 1.96. The van der Waals surface area contributed by atoms with Gasteiger partial charge >= 0.3 is 0 Å². The third-order valence-electron chi connectivity index (χ3n) is 2.48. The zero-order valence-electron chi connectivity index (χ0n) is 5.51. The molecule has 0 radical (unpaired) electrons. The van der Waals surface area contributed by atoms with Crippen LogP contribution in [-0.2, 0) is 0 Å². The van der Waals surface area contributed by atoms with E-state index in [-0.39, 0.29) is 6.10 Å². The molecule has 1 aliphatic carbocycles. The lowest BCUT2D eigenvalue weighted by Crippen LogP contribution is -2.27. The number of rotatable bonds is 0. The van der Waals surface area contributed by atoms with Crippen molar-refractivity contribution in [2.24, 2.45) is 5.92 Å². The first kappa shape index (κ1) is 5.69. The third-order valence-corrected chi connectivity index (χ3v) is 2.48. The van der Waals surface area contributed by atoms with Crippen molar-refractivity contribution in [3.05, 3.63) is 0 Å². The van der Waals surface area contributed by atoms with Crippen molar-refractivity contribution in [2.45, 2.75) is 31.4 Å². The predicted octanol–water partition coefficient (Wildman–Crippen LogP) is 0.119. The molecular weight excluding hydrogens is 114 g/mol. The Bertz CT molecular complexity index is 103. The molecule has 2 rings (SSSR count). The van der Waals surface area contributed by atoms with Gasteiger partial charge in [0.1, 0.15) is 0 Å². The highest BCUT2D eigenvalue weighted by Gasteiger charge is 2.32. The van der Waals surface area contributed by atoms with Crippen LogP contribution in [0, 0.1) is 5.92 Å². The number of hydrogen-bond acceptors (Lipinski definition) is 2. The Morgan fingerprint density at radius 1 is 1.22 bits per heavy atom. The van der Waals surface area contributed by atoms with Gasteiger partial charge in [-0.3, -0.25) is 0 Å². The Labute approximate surface area is 55.3 Å². The van der Waals surface area contributed by atoms with Crippen LogP contribution in [0.15, 0.2) is 0 Å². The number of nitrogens with one attached hydrogen (secondary N) is 1. The zero-order chi connectivity index (χ0) is 6.27. The van der Waals surface area contributed by atoms with Gasteiger partial charge in [-0.1, -0.05) is 0 Å². The molecule has 1 aliphatic heterocycles. The molecule has 0 spiro atoms. The Kier molecular flexibility index (Phi) is 1.24. The van der Waals surface area contributed by atoms with Crippen LogP contribution in [-0.4, -0.2) is 23.8 Å². The second-order valence-corrected chi connectivity index (χ2v) is 3.33. The fourth-order valence-corrected chi connectivity index (χ4v) is 2.07. The minimum absolute atomic E-state index is 0.0104. The van der Waals surface area contributed by atoms with Crippen LogP contribution in [0.4, 0.5) is 0 Å². The van der Waals surface area contributed by atoms with E-state index in [4.69, 9.17) is 0 Å². The van der Waals surface area contributed by atoms with Gasteiger partial charge in [0.2, 0.25) is 0 Å². The van der Waals surface area contributed by atoms with Crippen LogP contribution in [0.2, 0.25) is 0 Å². The zero-order valence-corrected chi connectivity index (χ0v) is 5.51. The van der Waals surface area contributed by atoms with E-state index in [9.17, 15) is 5.11 Å². The van der Waals surface area contributed by atoms with Crippen LogP contribution in [0.25, 0.3) is 0 Å². The van der Waals surface area contributed by atoms with E-state index in [1.165, 1.54) is 6.42 Å². The summed E-state index contributed by atoms with van der Waals surface area (Å²) in [5.41, 5.74) is 0. The Balaban J connectivity index is 2.03. The van der Waals surface area contributed by atoms with Crippen LogP contribution in [0.5, 0.6) is 0 Å².